The van der Waals surface area contributed by atoms with Crippen molar-refractivity contribution in [3.63, 3.8) is 0 Å². The lowest BCUT2D eigenvalue weighted by atomic mass is 9.87. The number of esters is 1. The summed E-state index contributed by atoms with van der Waals surface area (Å²) in [5, 5.41) is 9.36. The van der Waals surface area contributed by atoms with Crippen molar-refractivity contribution in [3.8, 4) is 23.0 Å². The van der Waals surface area contributed by atoms with Crippen LogP contribution in [0.15, 0.2) is 60.7 Å². The highest BCUT2D eigenvalue weighted by Gasteiger charge is 2.27. The predicted molar refractivity (Wildman–Crippen MR) is 141 cm³/mol. The first-order chi connectivity index (χ1) is 17.6. The molecular weight excluding hydrogens is 498 g/mol. The van der Waals surface area contributed by atoms with Crippen LogP contribution in [0, 0.1) is 0 Å². The van der Waals surface area contributed by atoms with Gasteiger partial charge in [0, 0.05) is 6.07 Å². The van der Waals surface area contributed by atoms with Gasteiger partial charge in [0.05, 0.1) is 32.1 Å². The highest BCUT2D eigenvalue weighted by atomic mass is 32.2. The molecule has 198 valence electrons. The van der Waals surface area contributed by atoms with Crippen LogP contribution in [-0.2, 0) is 21.4 Å². The maximum Gasteiger partial charge on any atom is 0.338 e. The van der Waals surface area contributed by atoms with Crippen LogP contribution in [0.3, 0.4) is 0 Å². The van der Waals surface area contributed by atoms with Gasteiger partial charge >= 0.3 is 5.97 Å². The SMILES string of the molecule is COC(=O)c1cc(OCCO)c(Oc2cccc(OC)c2)c(N(c2ccc(C(C)(C)C)cc2)S(=O)O)c1. The second-order valence-corrected chi connectivity index (χ2v) is 9.82. The first-order valence-corrected chi connectivity index (χ1v) is 12.5. The van der Waals surface area contributed by atoms with Gasteiger partial charge in [0.1, 0.15) is 23.8 Å². The van der Waals surface area contributed by atoms with Gasteiger partial charge in [-0.25, -0.2) is 13.3 Å². The molecule has 2 N–H and O–H groups in total. The monoisotopic (exact) mass is 529 g/mol. The van der Waals surface area contributed by atoms with E-state index in [1.54, 1.807) is 36.4 Å². The number of anilines is 2. The molecule has 0 radical (unpaired) electrons. The Hall–Kier alpha value is -3.60. The summed E-state index contributed by atoms with van der Waals surface area (Å²) in [5.74, 6) is 0.318. The molecule has 3 rings (SSSR count). The summed E-state index contributed by atoms with van der Waals surface area (Å²) < 4.78 is 46.2. The molecule has 1 unspecified atom stereocenters. The van der Waals surface area contributed by atoms with E-state index < -0.39 is 17.2 Å². The number of methoxy groups -OCH3 is 2. The normalized spacial score (nSPS) is 12.0. The zero-order valence-corrected chi connectivity index (χ0v) is 22.2. The van der Waals surface area contributed by atoms with E-state index >= 15 is 0 Å². The number of hydrogen-bond donors (Lipinski definition) is 2. The number of aliphatic hydroxyl groups is 1. The van der Waals surface area contributed by atoms with Crippen LogP contribution in [0.1, 0.15) is 36.7 Å². The number of benzene rings is 3. The zero-order chi connectivity index (χ0) is 27.2. The Kier molecular flexibility index (Phi) is 9.14. The average Bonchev–Trinajstić information content (AvgIpc) is 2.87. The lowest BCUT2D eigenvalue weighted by Crippen LogP contribution is -2.21. The molecule has 0 spiro atoms. The molecule has 3 aromatic rings. The van der Waals surface area contributed by atoms with E-state index in [2.05, 4.69) is 20.8 Å². The number of carbonyl (C=O) groups excluding carboxylic acids is 1. The summed E-state index contributed by atoms with van der Waals surface area (Å²) in [7, 11) is 2.74. The van der Waals surface area contributed by atoms with Crippen molar-refractivity contribution in [3.05, 3.63) is 71.8 Å². The third-order valence-corrected chi connectivity index (χ3v) is 6.13. The van der Waals surface area contributed by atoms with E-state index in [9.17, 15) is 18.7 Å². The van der Waals surface area contributed by atoms with Crippen LogP contribution >= 0.6 is 0 Å². The smallest absolute Gasteiger partial charge is 0.338 e. The van der Waals surface area contributed by atoms with Crippen molar-refractivity contribution >= 4 is 28.6 Å². The Morgan fingerprint density at radius 3 is 2.24 bits per heavy atom. The fourth-order valence-electron chi connectivity index (χ4n) is 3.53. The van der Waals surface area contributed by atoms with Crippen LogP contribution < -0.4 is 18.5 Å². The first kappa shape index (κ1) is 28.0. The van der Waals surface area contributed by atoms with Crippen molar-refractivity contribution in [2.24, 2.45) is 0 Å². The molecule has 0 bridgehead atoms. The van der Waals surface area contributed by atoms with E-state index in [1.165, 1.54) is 26.4 Å². The molecule has 0 aromatic heterocycles. The van der Waals surface area contributed by atoms with Crippen molar-refractivity contribution in [2.45, 2.75) is 26.2 Å². The number of nitrogens with zero attached hydrogens (tertiary/aromatic N) is 1. The summed E-state index contributed by atoms with van der Waals surface area (Å²) in [5.41, 5.74) is 1.41. The van der Waals surface area contributed by atoms with Gasteiger partial charge in [0.2, 0.25) is 0 Å². The highest BCUT2D eigenvalue weighted by Crippen LogP contribution is 2.45. The van der Waals surface area contributed by atoms with Crippen molar-refractivity contribution < 1.29 is 37.6 Å². The molecule has 0 aliphatic carbocycles. The highest BCUT2D eigenvalue weighted by molar-refractivity contribution is 7.81. The lowest BCUT2D eigenvalue weighted by Gasteiger charge is -2.26. The molecule has 0 saturated carbocycles. The minimum Gasteiger partial charge on any atom is -0.497 e. The standard InChI is InChI=1S/C27H31NO8S/c1-27(2,3)19-9-11-20(12-10-19)28(37(31)32)23-15-18(26(30)34-5)16-24(35-14-13-29)25(23)36-22-8-6-7-21(17-22)33-4/h6-12,15-17,29H,13-14H2,1-5H3,(H,31,32). The van der Waals surface area contributed by atoms with Gasteiger partial charge in [-0.1, -0.05) is 39.0 Å². The van der Waals surface area contributed by atoms with E-state index in [0.717, 1.165) is 9.87 Å². The molecule has 10 heteroatoms. The maximum absolute atomic E-state index is 12.7. The molecule has 37 heavy (non-hydrogen) atoms. The van der Waals surface area contributed by atoms with Gasteiger partial charge < -0.3 is 24.1 Å². The number of rotatable bonds is 10. The van der Waals surface area contributed by atoms with Crippen molar-refractivity contribution in [2.75, 3.05) is 31.7 Å². The molecule has 0 saturated heterocycles. The number of carbonyl (C=O) groups is 1. The van der Waals surface area contributed by atoms with E-state index in [-0.39, 0.29) is 41.4 Å². The molecule has 1 atom stereocenters. The Balaban J connectivity index is 2.26. The molecule has 3 aromatic carbocycles. The van der Waals surface area contributed by atoms with Crippen molar-refractivity contribution in [1.82, 2.24) is 0 Å². The van der Waals surface area contributed by atoms with Gasteiger partial charge in [-0.05, 0) is 47.4 Å². The summed E-state index contributed by atoms with van der Waals surface area (Å²) in [6, 6.07) is 16.7. The summed E-state index contributed by atoms with van der Waals surface area (Å²) in [6.07, 6.45) is 0. The molecular formula is C27H31NO8S. The van der Waals surface area contributed by atoms with Gasteiger partial charge in [-0.15, -0.1) is 0 Å². The maximum atomic E-state index is 12.7. The first-order valence-electron chi connectivity index (χ1n) is 11.4. The molecule has 0 aliphatic heterocycles. The third kappa shape index (κ3) is 6.79. The largest absolute Gasteiger partial charge is 0.497 e. The minimum absolute atomic E-state index is 0.0525. The quantitative estimate of drug-likeness (QED) is 0.271. The van der Waals surface area contributed by atoms with Crippen LogP contribution in [0.5, 0.6) is 23.0 Å². The lowest BCUT2D eigenvalue weighted by molar-refractivity contribution is 0.0600. The predicted octanol–water partition coefficient (Wildman–Crippen LogP) is 5.22. The van der Waals surface area contributed by atoms with Crippen LogP contribution in [0.4, 0.5) is 11.4 Å². The molecule has 0 aliphatic rings. The Labute approximate surface area is 219 Å². The van der Waals surface area contributed by atoms with Gasteiger partial charge in [-0.2, -0.15) is 0 Å². The van der Waals surface area contributed by atoms with E-state index in [0.29, 0.717) is 17.2 Å². The van der Waals surface area contributed by atoms with E-state index in [4.69, 9.17) is 18.9 Å². The Morgan fingerprint density at radius 1 is 1.00 bits per heavy atom. The fourth-order valence-corrected chi connectivity index (χ4v) is 4.14. The van der Waals surface area contributed by atoms with Crippen LogP contribution in [-0.4, -0.2) is 47.3 Å². The third-order valence-electron chi connectivity index (χ3n) is 5.41. The van der Waals surface area contributed by atoms with E-state index in [1.807, 2.05) is 12.1 Å². The van der Waals surface area contributed by atoms with Crippen LogP contribution in [0.25, 0.3) is 0 Å². The van der Waals surface area contributed by atoms with Gasteiger partial charge in [0.25, 0.3) is 11.3 Å². The van der Waals surface area contributed by atoms with Crippen LogP contribution in [0.2, 0.25) is 0 Å². The summed E-state index contributed by atoms with van der Waals surface area (Å²) in [6.45, 7) is 5.78. The zero-order valence-electron chi connectivity index (χ0n) is 21.4. The fraction of sp³-hybridized carbons (Fsp3) is 0.296. The summed E-state index contributed by atoms with van der Waals surface area (Å²) >= 11 is -2.57. The number of hydrogen-bond acceptors (Lipinski definition) is 7. The molecule has 0 fully saturated rings. The van der Waals surface area contributed by atoms with Crippen molar-refractivity contribution in [1.29, 1.82) is 0 Å². The average molecular weight is 530 g/mol. The Morgan fingerprint density at radius 2 is 1.68 bits per heavy atom. The van der Waals surface area contributed by atoms with Gasteiger partial charge in [0.15, 0.2) is 11.5 Å². The molecule has 0 amide bonds. The second-order valence-electron chi connectivity index (χ2n) is 8.99. The molecule has 9 nitrogen and oxygen atoms in total. The van der Waals surface area contributed by atoms with Gasteiger partial charge in [-0.3, -0.25) is 4.55 Å². The minimum atomic E-state index is -2.57. The Bertz CT molecular complexity index is 1250. The number of aliphatic hydroxyl groups excluding tert-OH is 1. The number of ether oxygens (including phenoxy) is 4. The summed E-state index contributed by atoms with van der Waals surface area (Å²) in [4.78, 5) is 12.5. The second kappa shape index (κ2) is 12.1. The molecule has 0 heterocycles. The topological polar surface area (TPSA) is 115 Å².